The maximum absolute atomic E-state index is 5.93. The summed E-state index contributed by atoms with van der Waals surface area (Å²) in [6, 6.07) is 1.95. The van der Waals surface area contributed by atoms with E-state index in [9.17, 15) is 0 Å². The second kappa shape index (κ2) is 7.03. The van der Waals surface area contributed by atoms with Crippen molar-refractivity contribution in [1.82, 2.24) is 15.2 Å². The van der Waals surface area contributed by atoms with E-state index in [0.717, 1.165) is 18.7 Å². The Morgan fingerprint density at radius 3 is 2.58 bits per heavy atom. The zero-order chi connectivity index (χ0) is 14.5. The van der Waals surface area contributed by atoms with Gasteiger partial charge in [0, 0.05) is 19.3 Å². The van der Waals surface area contributed by atoms with Crippen LogP contribution in [0.25, 0.3) is 0 Å². The number of nitrogens with two attached hydrogens (primary N) is 1. The monoisotopic (exact) mass is 268 g/mol. The number of hydrogen-bond donors (Lipinski definition) is 2. The van der Waals surface area contributed by atoms with Crippen molar-refractivity contribution in [2.24, 2.45) is 11.3 Å². The molecule has 3 N–H and O–H groups in total. The fourth-order valence-corrected chi connectivity index (χ4v) is 2.36. The Labute approximate surface area is 116 Å². The Morgan fingerprint density at radius 2 is 2.11 bits per heavy atom. The van der Waals surface area contributed by atoms with Gasteiger partial charge in [0.1, 0.15) is 0 Å². The van der Waals surface area contributed by atoms with Crippen LogP contribution in [0.15, 0.2) is 12.3 Å². The number of nitrogens with zero attached hydrogens (tertiary/aromatic N) is 2. The Bertz CT molecular complexity index is 370. The molecule has 0 fully saturated rings. The zero-order valence-corrected chi connectivity index (χ0v) is 12.8. The molecule has 0 amide bonds. The first-order valence-corrected chi connectivity index (χ1v) is 7.05. The summed E-state index contributed by atoms with van der Waals surface area (Å²) < 4.78 is 7.94. The van der Waals surface area contributed by atoms with Gasteiger partial charge in [0.25, 0.3) is 0 Å². The number of rotatable bonds is 7. The van der Waals surface area contributed by atoms with Crippen LogP contribution >= 0.6 is 0 Å². The van der Waals surface area contributed by atoms with E-state index in [2.05, 4.69) is 38.2 Å². The van der Waals surface area contributed by atoms with E-state index in [1.54, 1.807) is 0 Å². The quantitative estimate of drug-likeness (QED) is 0.588. The topological polar surface area (TPSA) is 65.1 Å². The van der Waals surface area contributed by atoms with Gasteiger partial charge in [-0.2, -0.15) is 5.10 Å². The third-order valence-electron chi connectivity index (χ3n) is 3.19. The van der Waals surface area contributed by atoms with E-state index in [0.29, 0.717) is 6.61 Å². The summed E-state index contributed by atoms with van der Waals surface area (Å²) in [5.41, 5.74) is 3.98. The maximum Gasteiger partial charge on any atom is 0.0895 e. The van der Waals surface area contributed by atoms with Crippen LogP contribution < -0.4 is 11.3 Å². The van der Waals surface area contributed by atoms with Crippen LogP contribution in [0, 0.1) is 5.41 Å². The highest BCUT2D eigenvalue weighted by Gasteiger charge is 2.35. The molecule has 1 aromatic heterocycles. The minimum absolute atomic E-state index is 0.00481. The first-order chi connectivity index (χ1) is 8.95. The lowest BCUT2D eigenvalue weighted by Crippen LogP contribution is -2.45. The summed E-state index contributed by atoms with van der Waals surface area (Å²) in [7, 11) is 0. The fraction of sp³-hybridized carbons (Fsp3) is 0.786. The van der Waals surface area contributed by atoms with Crippen LogP contribution in [0.3, 0.4) is 0 Å². The van der Waals surface area contributed by atoms with E-state index in [-0.39, 0.29) is 17.6 Å². The first-order valence-electron chi connectivity index (χ1n) is 7.05. The van der Waals surface area contributed by atoms with Gasteiger partial charge in [0.2, 0.25) is 0 Å². The van der Waals surface area contributed by atoms with Crippen molar-refractivity contribution in [2.75, 3.05) is 6.61 Å². The molecule has 0 aromatic carbocycles. The number of nitrogens with one attached hydrogen (secondary N) is 1. The molecule has 0 bridgehead atoms. The number of ether oxygens (including phenoxy) is 1. The van der Waals surface area contributed by atoms with Crippen molar-refractivity contribution in [3.63, 3.8) is 0 Å². The number of hydrazine groups is 1. The molecule has 0 aliphatic carbocycles. The molecule has 2 atom stereocenters. The van der Waals surface area contributed by atoms with Crippen LogP contribution in [0.2, 0.25) is 0 Å². The van der Waals surface area contributed by atoms with Crippen LogP contribution in [0.5, 0.6) is 0 Å². The molecular formula is C14H28N4O. The molecule has 0 radical (unpaired) electrons. The van der Waals surface area contributed by atoms with Crippen molar-refractivity contribution in [1.29, 1.82) is 0 Å². The van der Waals surface area contributed by atoms with Crippen molar-refractivity contribution in [3.8, 4) is 0 Å². The second-order valence-electron chi connectivity index (χ2n) is 5.87. The highest BCUT2D eigenvalue weighted by Crippen LogP contribution is 2.32. The first kappa shape index (κ1) is 16.1. The largest absolute Gasteiger partial charge is 0.376 e. The molecule has 0 spiro atoms. The molecule has 0 aliphatic rings. The van der Waals surface area contributed by atoms with Crippen LogP contribution in [0.1, 0.15) is 52.8 Å². The minimum atomic E-state index is -0.0611. The normalized spacial score (nSPS) is 15.5. The van der Waals surface area contributed by atoms with E-state index in [1.165, 1.54) is 0 Å². The van der Waals surface area contributed by atoms with Gasteiger partial charge in [-0.3, -0.25) is 10.5 Å². The van der Waals surface area contributed by atoms with Crippen LogP contribution in [0.4, 0.5) is 0 Å². The summed E-state index contributed by atoms with van der Waals surface area (Å²) in [6.07, 6.45) is 2.86. The Kier molecular flexibility index (Phi) is 5.97. The highest BCUT2D eigenvalue weighted by atomic mass is 16.5. The van der Waals surface area contributed by atoms with Crippen molar-refractivity contribution < 1.29 is 4.74 Å². The molecule has 5 nitrogen and oxygen atoms in total. The van der Waals surface area contributed by atoms with Gasteiger partial charge in [0.05, 0.1) is 17.8 Å². The van der Waals surface area contributed by atoms with Gasteiger partial charge in [-0.05, 0) is 24.8 Å². The Balaban J connectivity index is 3.05. The molecule has 1 heterocycles. The average Bonchev–Trinajstić information content (AvgIpc) is 2.77. The van der Waals surface area contributed by atoms with Gasteiger partial charge in [-0.1, -0.05) is 27.7 Å². The summed E-state index contributed by atoms with van der Waals surface area (Å²) in [5, 5.41) is 4.36. The Morgan fingerprint density at radius 1 is 1.42 bits per heavy atom. The third-order valence-corrected chi connectivity index (χ3v) is 3.19. The maximum atomic E-state index is 5.93. The average molecular weight is 268 g/mol. The summed E-state index contributed by atoms with van der Waals surface area (Å²) >= 11 is 0. The molecule has 1 rings (SSSR count). The number of hydrogen-bond acceptors (Lipinski definition) is 4. The van der Waals surface area contributed by atoms with Gasteiger partial charge < -0.3 is 4.74 Å². The van der Waals surface area contributed by atoms with E-state index in [1.807, 2.05) is 23.9 Å². The highest BCUT2D eigenvalue weighted by molar-refractivity contribution is 5.10. The smallest absolute Gasteiger partial charge is 0.0895 e. The van der Waals surface area contributed by atoms with Crippen molar-refractivity contribution >= 4 is 0 Å². The van der Waals surface area contributed by atoms with Crippen molar-refractivity contribution in [2.45, 2.75) is 59.7 Å². The zero-order valence-electron chi connectivity index (χ0n) is 12.8. The number of aromatic nitrogens is 2. The lowest BCUT2D eigenvalue weighted by Gasteiger charge is -2.36. The molecule has 19 heavy (non-hydrogen) atoms. The summed E-state index contributed by atoms with van der Waals surface area (Å²) in [5.74, 6) is 5.79. The summed E-state index contributed by atoms with van der Waals surface area (Å²) in [6.45, 7) is 12.2. The molecule has 1 aromatic rings. The third kappa shape index (κ3) is 4.03. The van der Waals surface area contributed by atoms with Crippen LogP contribution in [-0.4, -0.2) is 22.5 Å². The second-order valence-corrected chi connectivity index (χ2v) is 5.87. The van der Waals surface area contributed by atoms with E-state index >= 15 is 0 Å². The van der Waals surface area contributed by atoms with Gasteiger partial charge in [-0.25, -0.2) is 5.43 Å². The Hall–Kier alpha value is -0.910. The molecular weight excluding hydrogens is 240 g/mol. The molecule has 2 unspecified atom stereocenters. The van der Waals surface area contributed by atoms with Gasteiger partial charge in [-0.15, -0.1) is 0 Å². The van der Waals surface area contributed by atoms with Gasteiger partial charge in [0.15, 0.2) is 0 Å². The lowest BCUT2D eigenvalue weighted by molar-refractivity contribution is -0.0384. The van der Waals surface area contributed by atoms with E-state index < -0.39 is 0 Å². The predicted molar refractivity (Wildman–Crippen MR) is 77.5 cm³/mol. The van der Waals surface area contributed by atoms with E-state index in [4.69, 9.17) is 10.6 Å². The molecule has 0 saturated heterocycles. The van der Waals surface area contributed by atoms with Gasteiger partial charge >= 0.3 is 0 Å². The molecule has 110 valence electrons. The van der Waals surface area contributed by atoms with Crippen molar-refractivity contribution in [3.05, 3.63) is 18.0 Å². The fourth-order valence-electron chi connectivity index (χ4n) is 2.36. The predicted octanol–water partition coefficient (Wildman–Crippen LogP) is 2.25. The SMILES string of the molecule is CCCn1nccc1C(NN)C(OCC)C(C)(C)C. The lowest BCUT2D eigenvalue weighted by atomic mass is 9.83. The molecule has 0 aliphatic heterocycles. The standard InChI is InChI=1S/C14H28N4O/c1-6-10-18-11(8-9-16-18)12(17-15)13(19-7-2)14(3,4)5/h8-9,12-13,17H,6-7,10,15H2,1-5H3. The summed E-state index contributed by atoms with van der Waals surface area (Å²) in [4.78, 5) is 0. The molecule has 5 heteroatoms. The minimum Gasteiger partial charge on any atom is -0.376 e. The number of aryl methyl sites for hydroxylation is 1. The van der Waals surface area contributed by atoms with Crippen LogP contribution in [-0.2, 0) is 11.3 Å². The molecule has 0 saturated carbocycles.